The zero-order valence-corrected chi connectivity index (χ0v) is 14.9. The fraction of sp³-hybridized carbons (Fsp3) is 0.667. The molecule has 1 aliphatic carbocycles. The van der Waals surface area contributed by atoms with Gasteiger partial charge in [0.1, 0.15) is 12.5 Å². The minimum atomic E-state index is -0.524. The van der Waals surface area contributed by atoms with E-state index >= 15 is 0 Å². The first-order chi connectivity index (χ1) is 12.0. The number of nitrogens with one attached hydrogen (secondary N) is 1. The van der Waals surface area contributed by atoms with Crippen LogP contribution in [0.25, 0.3) is 5.57 Å². The van der Waals surface area contributed by atoms with Crippen LogP contribution in [0, 0.1) is 5.92 Å². The van der Waals surface area contributed by atoms with Crippen molar-refractivity contribution in [3.05, 3.63) is 24.2 Å². The third-order valence-electron chi connectivity index (χ3n) is 5.41. The van der Waals surface area contributed by atoms with Crippen molar-refractivity contribution in [1.29, 1.82) is 0 Å². The van der Waals surface area contributed by atoms with Gasteiger partial charge in [0.2, 0.25) is 0 Å². The predicted molar refractivity (Wildman–Crippen MR) is 98.7 cm³/mol. The second-order valence-electron chi connectivity index (χ2n) is 7.44. The number of aliphatic imine (C=N–C) groups is 1. The van der Waals surface area contributed by atoms with Crippen LogP contribution in [0.1, 0.15) is 44.2 Å². The van der Waals surface area contributed by atoms with E-state index in [1.54, 1.807) is 10.9 Å². The summed E-state index contributed by atoms with van der Waals surface area (Å²) in [7, 11) is 1.90. The lowest BCUT2D eigenvalue weighted by Crippen LogP contribution is -2.48. The van der Waals surface area contributed by atoms with Crippen LogP contribution in [0.2, 0.25) is 0 Å². The quantitative estimate of drug-likeness (QED) is 0.730. The molecule has 0 aromatic carbocycles. The summed E-state index contributed by atoms with van der Waals surface area (Å²) in [6, 6.07) is 2.41. The molecule has 138 valence electrons. The molecule has 2 heterocycles. The van der Waals surface area contributed by atoms with E-state index < -0.39 is 5.54 Å². The number of hydrogen-bond acceptors (Lipinski definition) is 5. The molecule has 3 rings (SSSR count). The minimum Gasteiger partial charge on any atom is -0.387 e. The lowest BCUT2D eigenvalue weighted by molar-refractivity contribution is 0.250. The molecule has 1 unspecified atom stereocenters. The molecule has 1 aromatic heterocycles. The summed E-state index contributed by atoms with van der Waals surface area (Å²) in [5, 5.41) is 7.79. The topological polar surface area (TPSA) is 94.2 Å². The van der Waals surface area contributed by atoms with Gasteiger partial charge in [-0.3, -0.25) is 4.68 Å². The number of hydrogen-bond donors (Lipinski definition) is 3. The monoisotopic (exact) mass is 348 g/mol. The van der Waals surface area contributed by atoms with Crippen molar-refractivity contribution in [3.8, 4) is 0 Å². The highest BCUT2D eigenvalue weighted by Gasteiger charge is 2.38. The average Bonchev–Trinajstić information content (AvgIpc) is 3.00. The maximum Gasteiger partial charge on any atom is 0.102 e. The van der Waals surface area contributed by atoms with Gasteiger partial charge in [0, 0.05) is 44.0 Å². The first kappa shape index (κ1) is 18.1. The Hall–Kier alpha value is -1.73. The lowest BCUT2D eigenvalue weighted by Gasteiger charge is -2.38. The Morgan fingerprint density at radius 2 is 2.12 bits per heavy atom. The summed E-state index contributed by atoms with van der Waals surface area (Å²) in [4.78, 5) is 4.29. The van der Waals surface area contributed by atoms with E-state index in [-0.39, 0.29) is 6.67 Å². The van der Waals surface area contributed by atoms with E-state index in [4.69, 9.17) is 11.5 Å². The van der Waals surface area contributed by atoms with Crippen molar-refractivity contribution in [2.45, 2.75) is 50.1 Å². The van der Waals surface area contributed by atoms with Crippen LogP contribution in [0.5, 0.6) is 0 Å². The molecule has 7 heteroatoms. The first-order valence-electron chi connectivity index (χ1n) is 9.11. The molecule has 0 saturated heterocycles. The Labute approximate surface area is 148 Å². The van der Waals surface area contributed by atoms with Gasteiger partial charge >= 0.3 is 0 Å². The van der Waals surface area contributed by atoms with Crippen LogP contribution in [-0.2, 0) is 7.05 Å². The number of rotatable bonds is 6. The van der Waals surface area contributed by atoms with Crippen LogP contribution in [0.4, 0.5) is 4.39 Å². The third-order valence-corrected chi connectivity index (χ3v) is 5.41. The van der Waals surface area contributed by atoms with E-state index in [1.165, 1.54) is 0 Å². The van der Waals surface area contributed by atoms with E-state index in [9.17, 15) is 4.39 Å². The normalized spacial score (nSPS) is 30.0. The van der Waals surface area contributed by atoms with Gasteiger partial charge < -0.3 is 16.8 Å². The molecule has 2 aliphatic rings. The van der Waals surface area contributed by atoms with Gasteiger partial charge in [-0.1, -0.05) is 0 Å². The zero-order chi connectivity index (χ0) is 17.9. The van der Waals surface area contributed by atoms with E-state index in [0.29, 0.717) is 30.8 Å². The SMILES string of the molecule is Cn1ccc(C2=CN=C(N)CC2(N)CC2CCC(NCCF)CC2)n1. The standard InChI is InChI=1S/C18H29FN6/c1-25-9-6-16(24-25)15-12-23-17(20)11-18(15,21)10-13-2-4-14(5-3-13)22-8-7-19/h6,9,12-14,22H,2-5,7-8,10-11,21H2,1H3,(H2,20,23). The Kier molecular flexibility index (Phi) is 5.54. The maximum atomic E-state index is 12.3. The fourth-order valence-electron chi connectivity index (χ4n) is 4.15. The molecule has 25 heavy (non-hydrogen) atoms. The molecule has 1 aromatic rings. The van der Waals surface area contributed by atoms with E-state index in [1.807, 2.05) is 19.3 Å². The van der Waals surface area contributed by atoms with Crippen molar-refractivity contribution in [2.24, 2.45) is 29.4 Å². The molecule has 1 fully saturated rings. The molecular weight excluding hydrogens is 319 g/mol. The van der Waals surface area contributed by atoms with Gasteiger partial charge in [0.15, 0.2) is 0 Å². The number of aromatic nitrogens is 2. The van der Waals surface area contributed by atoms with Crippen LogP contribution in [-0.4, -0.2) is 40.4 Å². The molecule has 0 radical (unpaired) electrons. The highest BCUT2D eigenvalue weighted by molar-refractivity contribution is 5.89. The van der Waals surface area contributed by atoms with Gasteiger partial charge in [0.05, 0.1) is 11.2 Å². The zero-order valence-electron chi connectivity index (χ0n) is 14.9. The molecule has 0 bridgehead atoms. The first-order valence-corrected chi connectivity index (χ1v) is 9.11. The largest absolute Gasteiger partial charge is 0.387 e. The number of nitrogens with two attached hydrogens (primary N) is 2. The highest BCUT2D eigenvalue weighted by Crippen LogP contribution is 2.39. The van der Waals surface area contributed by atoms with Crippen LogP contribution in [0.3, 0.4) is 0 Å². The number of halogens is 1. The van der Waals surface area contributed by atoms with Crippen LogP contribution < -0.4 is 16.8 Å². The van der Waals surface area contributed by atoms with Crippen molar-refractivity contribution in [1.82, 2.24) is 15.1 Å². The van der Waals surface area contributed by atoms with Crippen molar-refractivity contribution < 1.29 is 4.39 Å². The second kappa shape index (κ2) is 7.66. The van der Waals surface area contributed by atoms with Gasteiger partial charge in [-0.2, -0.15) is 5.10 Å². The Morgan fingerprint density at radius 3 is 2.76 bits per heavy atom. The molecule has 6 nitrogen and oxygen atoms in total. The van der Waals surface area contributed by atoms with Crippen molar-refractivity contribution in [2.75, 3.05) is 13.2 Å². The summed E-state index contributed by atoms with van der Waals surface area (Å²) < 4.78 is 14.1. The maximum absolute atomic E-state index is 12.3. The van der Waals surface area contributed by atoms with Gasteiger partial charge in [-0.25, -0.2) is 9.38 Å². The average molecular weight is 348 g/mol. The molecule has 0 spiro atoms. The Bertz CT molecular complexity index is 644. The van der Waals surface area contributed by atoms with Crippen LogP contribution in [0.15, 0.2) is 23.5 Å². The fourth-order valence-corrected chi connectivity index (χ4v) is 4.15. The summed E-state index contributed by atoms with van der Waals surface area (Å²) in [6.07, 6.45) is 9.51. The number of alkyl halides is 1. The number of amidine groups is 1. The van der Waals surface area contributed by atoms with Crippen molar-refractivity contribution in [3.63, 3.8) is 0 Å². The predicted octanol–water partition coefficient (Wildman–Crippen LogP) is 1.73. The Balaban J connectivity index is 1.68. The molecule has 0 amide bonds. The summed E-state index contributed by atoms with van der Waals surface area (Å²) in [5.41, 5.74) is 14.2. The lowest BCUT2D eigenvalue weighted by atomic mass is 9.72. The van der Waals surface area contributed by atoms with Crippen molar-refractivity contribution >= 4 is 11.4 Å². The molecular formula is C18H29FN6. The van der Waals surface area contributed by atoms with Gasteiger partial charge in [-0.15, -0.1) is 0 Å². The molecule has 1 atom stereocenters. The van der Waals surface area contributed by atoms with E-state index in [2.05, 4.69) is 15.4 Å². The minimum absolute atomic E-state index is 0.303. The van der Waals surface area contributed by atoms with Gasteiger partial charge in [0.25, 0.3) is 0 Å². The number of aryl methyl sites for hydroxylation is 1. The Morgan fingerprint density at radius 1 is 1.36 bits per heavy atom. The smallest absolute Gasteiger partial charge is 0.102 e. The number of nitrogens with zero attached hydrogens (tertiary/aromatic N) is 3. The summed E-state index contributed by atoms with van der Waals surface area (Å²) in [5.74, 6) is 1.13. The van der Waals surface area contributed by atoms with Crippen LogP contribution >= 0.6 is 0 Å². The summed E-state index contributed by atoms with van der Waals surface area (Å²) in [6.45, 7) is 0.151. The van der Waals surface area contributed by atoms with E-state index in [0.717, 1.165) is 43.4 Å². The summed E-state index contributed by atoms with van der Waals surface area (Å²) >= 11 is 0. The molecule has 1 saturated carbocycles. The third kappa shape index (κ3) is 4.27. The highest BCUT2D eigenvalue weighted by atomic mass is 19.1. The molecule has 1 aliphatic heterocycles. The van der Waals surface area contributed by atoms with Gasteiger partial charge in [-0.05, 0) is 44.1 Å². The molecule has 5 N–H and O–H groups in total. The second-order valence-corrected chi connectivity index (χ2v) is 7.44.